The number of nitrogens with zero attached hydrogens (tertiary/aromatic N) is 5. The molecule has 1 aliphatic rings. The molecule has 1 N–H and O–H groups in total. The lowest BCUT2D eigenvalue weighted by molar-refractivity contribution is 0.312. The quantitative estimate of drug-likeness (QED) is 0.737. The number of halogens is 1. The molecule has 8 heteroatoms. The van der Waals surface area contributed by atoms with E-state index in [-0.39, 0.29) is 0 Å². The number of anilines is 3. The molecule has 134 valence electrons. The second-order valence-electron chi connectivity index (χ2n) is 6.21. The van der Waals surface area contributed by atoms with Crippen LogP contribution in [0.5, 0.6) is 0 Å². The van der Waals surface area contributed by atoms with E-state index < -0.39 is 0 Å². The third-order valence-corrected chi connectivity index (χ3v) is 5.49. The Bertz CT molecular complexity index is 876. The topological polar surface area (TPSA) is 57.2 Å². The molecule has 0 aliphatic carbocycles. The van der Waals surface area contributed by atoms with Gasteiger partial charge in [0.25, 0.3) is 0 Å². The van der Waals surface area contributed by atoms with Crippen LogP contribution in [0.4, 0.5) is 16.8 Å². The summed E-state index contributed by atoms with van der Waals surface area (Å²) in [6, 6.07) is 7.69. The van der Waals surface area contributed by atoms with Gasteiger partial charge in [-0.3, -0.25) is 4.98 Å². The Morgan fingerprint density at radius 3 is 2.65 bits per heavy atom. The lowest BCUT2D eigenvalue weighted by Crippen LogP contribution is -2.44. The van der Waals surface area contributed by atoms with Gasteiger partial charge in [0, 0.05) is 49.8 Å². The summed E-state index contributed by atoms with van der Waals surface area (Å²) in [5.74, 6) is 1.61. The Morgan fingerprint density at radius 1 is 1.12 bits per heavy atom. The fourth-order valence-electron chi connectivity index (χ4n) is 2.84. The molecule has 0 aromatic carbocycles. The van der Waals surface area contributed by atoms with Gasteiger partial charge >= 0.3 is 0 Å². The molecule has 26 heavy (non-hydrogen) atoms. The van der Waals surface area contributed by atoms with Gasteiger partial charge in [0.05, 0.1) is 4.88 Å². The number of aromatic nitrogens is 3. The van der Waals surface area contributed by atoms with Gasteiger partial charge in [-0.2, -0.15) is 0 Å². The minimum atomic E-state index is 0.669. The molecular formula is C18H19ClN6S. The van der Waals surface area contributed by atoms with E-state index >= 15 is 0 Å². The summed E-state index contributed by atoms with van der Waals surface area (Å²) in [6.07, 6.45) is 5.42. The summed E-state index contributed by atoms with van der Waals surface area (Å²) in [7, 11) is 2.14. The van der Waals surface area contributed by atoms with Gasteiger partial charge in [0.1, 0.15) is 11.6 Å². The number of pyridine rings is 2. The molecule has 0 unspecified atom stereocenters. The highest BCUT2D eigenvalue weighted by Crippen LogP contribution is 2.31. The van der Waals surface area contributed by atoms with E-state index in [0.717, 1.165) is 47.6 Å². The van der Waals surface area contributed by atoms with E-state index in [9.17, 15) is 0 Å². The van der Waals surface area contributed by atoms with Crippen LogP contribution < -0.4 is 10.2 Å². The molecule has 0 bridgehead atoms. The fourth-order valence-corrected chi connectivity index (χ4v) is 3.87. The molecule has 3 aromatic rings. The lowest BCUT2D eigenvalue weighted by Gasteiger charge is -2.33. The minimum Gasteiger partial charge on any atom is -0.354 e. The highest BCUT2D eigenvalue weighted by Gasteiger charge is 2.16. The van der Waals surface area contributed by atoms with Crippen LogP contribution in [-0.2, 0) is 0 Å². The van der Waals surface area contributed by atoms with Crippen LogP contribution in [0.3, 0.4) is 0 Å². The predicted molar refractivity (Wildman–Crippen MR) is 108 cm³/mol. The van der Waals surface area contributed by atoms with Crippen LogP contribution in [0.1, 0.15) is 0 Å². The van der Waals surface area contributed by atoms with Crippen molar-refractivity contribution in [3.8, 4) is 10.4 Å². The predicted octanol–water partition coefficient (Wildman–Crippen LogP) is 3.75. The maximum absolute atomic E-state index is 6.32. The number of nitrogens with one attached hydrogen (secondary N) is 1. The summed E-state index contributed by atoms with van der Waals surface area (Å²) in [5.41, 5.74) is 1.10. The molecule has 4 rings (SSSR count). The zero-order chi connectivity index (χ0) is 17.9. The first kappa shape index (κ1) is 17.2. The van der Waals surface area contributed by atoms with Crippen molar-refractivity contribution in [1.82, 2.24) is 19.9 Å². The van der Waals surface area contributed by atoms with Crippen molar-refractivity contribution in [3.63, 3.8) is 0 Å². The fraction of sp³-hybridized carbons (Fsp3) is 0.278. The Morgan fingerprint density at radius 2 is 1.88 bits per heavy atom. The molecule has 1 aliphatic heterocycles. The van der Waals surface area contributed by atoms with Gasteiger partial charge in [0.15, 0.2) is 5.13 Å². The first-order valence-corrected chi connectivity index (χ1v) is 9.61. The Labute approximate surface area is 161 Å². The second kappa shape index (κ2) is 7.57. The van der Waals surface area contributed by atoms with E-state index in [0.29, 0.717) is 10.8 Å². The smallest absolute Gasteiger partial charge is 0.188 e. The van der Waals surface area contributed by atoms with Crippen LogP contribution in [0.2, 0.25) is 5.02 Å². The summed E-state index contributed by atoms with van der Waals surface area (Å²) >= 11 is 7.90. The average Bonchev–Trinajstić information content (AvgIpc) is 3.11. The molecule has 6 nitrogen and oxygen atoms in total. The number of hydrogen-bond acceptors (Lipinski definition) is 7. The molecule has 0 saturated carbocycles. The van der Waals surface area contributed by atoms with Crippen molar-refractivity contribution in [1.29, 1.82) is 0 Å². The van der Waals surface area contributed by atoms with Gasteiger partial charge < -0.3 is 15.1 Å². The largest absolute Gasteiger partial charge is 0.354 e. The maximum atomic E-state index is 6.32. The van der Waals surface area contributed by atoms with Crippen molar-refractivity contribution in [2.75, 3.05) is 43.4 Å². The van der Waals surface area contributed by atoms with Crippen molar-refractivity contribution in [3.05, 3.63) is 47.9 Å². The number of rotatable bonds is 4. The summed E-state index contributed by atoms with van der Waals surface area (Å²) in [6.45, 7) is 3.96. The molecule has 1 saturated heterocycles. The van der Waals surface area contributed by atoms with Crippen molar-refractivity contribution < 1.29 is 0 Å². The molecule has 3 aromatic heterocycles. The van der Waals surface area contributed by atoms with Crippen LogP contribution in [0.15, 0.2) is 42.9 Å². The first-order chi connectivity index (χ1) is 12.7. The molecule has 1 fully saturated rings. The third-order valence-electron chi connectivity index (χ3n) is 4.31. The first-order valence-electron chi connectivity index (χ1n) is 8.42. The average molecular weight is 387 g/mol. The van der Waals surface area contributed by atoms with Crippen molar-refractivity contribution >= 4 is 39.7 Å². The van der Waals surface area contributed by atoms with Gasteiger partial charge in [0.2, 0.25) is 0 Å². The van der Waals surface area contributed by atoms with E-state index in [1.807, 2.05) is 30.5 Å². The maximum Gasteiger partial charge on any atom is 0.188 e. The van der Waals surface area contributed by atoms with Crippen molar-refractivity contribution in [2.24, 2.45) is 0 Å². The minimum absolute atomic E-state index is 0.669. The number of thiazole rings is 1. The summed E-state index contributed by atoms with van der Waals surface area (Å²) < 4.78 is 0. The number of piperazine rings is 1. The van der Waals surface area contributed by atoms with E-state index in [2.05, 4.69) is 32.1 Å². The molecular weight excluding hydrogens is 368 g/mol. The van der Waals surface area contributed by atoms with E-state index in [1.165, 1.54) is 0 Å². The van der Waals surface area contributed by atoms with E-state index in [1.54, 1.807) is 23.7 Å². The highest BCUT2D eigenvalue weighted by molar-refractivity contribution is 7.18. The molecule has 0 atom stereocenters. The van der Waals surface area contributed by atoms with Crippen LogP contribution >= 0.6 is 22.9 Å². The lowest BCUT2D eigenvalue weighted by atomic mass is 10.2. The second-order valence-corrected chi connectivity index (χ2v) is 7.68. The van der Waals surface area contributed by atoms with Crippen LogP contribution in [-0.4, -0.2) is 53.1 Å². The van der Waals surface area contributed by atoms with Gasteiger partial charge in [-0.15, -0.1) is 0 Å². The molecule has 0 spiro atoms. The highest BCUT2D eigenvalue weighted by atomic mass is 35.5. The SMILES string of the molecule is CN1CCN(c2cc(Cl)cc(Nc3ncc(-c4ccncc4)s3)n2)CC1. The molecule has 0 radical (unpaired) electrons. The van der Waals surface area contributed by atoms with E-state index in [4.69, 9.17) is 16.6 Å². The van der Waals surface area contributed by atoms with Crippen LogP contribution in [0, 0.1) is 0 Å². The Hall–Kier alpha value is -2.22. The van der Waals surface area contributed by atoms with Crippen molar-refractivity contribution in [2.45, 2.75) is 0 Å². The summed E-state index contributed by atoms with van der Waals surface area (Å²) in [4.78, 5) is 18.9. The monoisotopic (exact) mass is 386 g/mol. The van der Waals surface area contributed by atoms with Gasteiger partial charge in [-0.05, 0) is 36.9 Å². The molecule has 0 amide bonds. The molecule has 4 heterocycles. The Kier molecular flexibility index (Phi) is 5.01. The zero-order valence-electron chi connectivity index (χ0n) is 14.4. The normalized spacial score (nSPS) is 15.2. The Balaban J connectivity index is 1.52. The zero-order valence-corrected chi connectivity index (χ0v) is 16.0. The number of likely N-dealkylation sites (N-methyl/N-ethyl adjacent to an activating group) is 1. The number of hydrogen-bond donors (Lipinski definition) is 1. The summed E-state index contributed by atoms with van der Waals surface area (Å²) in [5, 5.41) is 4.74. The van der Waals surface area contributed by atoms with Gasteiger partial charge in [-0.25, -0.2) is 9.97 Å². The van der Waals surface area contributed by atoms with Gasteiger partial charge in [-0.1, -0.05) is 22.9 Å². The van der Waals surface area contributed by atoms with Crippen LogP contribution in [0.25, 0.3) is 10.4 Å². The standard InChI is InChI=1S/C18H19ClN6S/c1-24-6-8-25(9-7-24)17-11-14(19)10-16(22-17)23-18-21-12-15(26-18)13-2-4-20-5-3-13/h2-5,10-12H,6-9H2,1H3,(H,21,22,23). The third kappa shape index (κ3) is 3.95.